The Bertz CT molecular complexity index is 1220. The van der Waals surface area contributed by atoms with Crippen molar-refractivity contribution in [2.45, 2.75) is 82.8 Å². The molecular formula is C28H39F3N4O7. The van der Waals surface area contributed by atoms with E-state index in [0.717, 1.165) is 11.3 Å². The van der Waals surface area contributed by atoms with Crippen molar-refractivity contribution in [1.82, 2.24) is 10.2 Å². The smallest absolute Gasteiger partial charge is 0.490 e. The number of fused-ring (bicyclic) bond motifs is 1. The highest BCUT2D eigenvalue weighted by Gasteiger charge is 2.52. The fraction of sp³-hybridized carbons (Fsp3) is 0.643. The first kappa shape index (κ1) is 33.0. The summed E-state index contributed by atoms with van der Waals surface area (Å²) in [5.74, 6) is -1.42. The number of nitrogens with one attached hydrogen (secondary N) is 1. The lowest BCUT2D eigenvalue weighted by Crippen LogP contribution is -2.55. The Labute approximate surface area is 242 Å². The number of methoxy groups -OCH3 is 2. The molecule has 1 unspecified atom stereocenters. The normalized spacial score (nSPS) is 24.6. The van der Waals surface area contributed by atoms with E-state index in [1.807, 2.05) is 45.9 Å². The van der Waals surface area contributed by atoms with Crippen LogP contribution < -0.4 is 20.5 Å². The maximum atomic E-state index is 13.4. The average molecular weight is 601 g/mol. The molecule has 0 saturated heterocycles. The van der Waals surface area contributed by atoms with Crippen LogP contribution in [0.4, 0.5) is 13.2 Å². The first-order chi connectivity index (χ1) is 19.4. The number of carbonyl (C=O) groups excluding carboxylic acids is 2. The van der Waals surface area contributed by atoms with E-state index in [1.54, 1.807) is 19.1 Å². The summed E-state index contributed by atoms with van der Waals surface area (Å²) in [6.45, 7) is 8.29. The number of carboxylic acid groups (broad SMARTS) is 1. The van der Waals surface area contributed by atoms with Gasteiger partial charge in [0, 0.05) is 32.1 Å². The zero-order valence-corrected chi connectivity index (χ0v) is 24.6. The molecule has 3 aliphatic rings. The monoisotopic (exact) mass is 600 g/mol. The highest BCUT2D eigenvalue weighted by molar-refractivity contribution is 5.99. The number of rotatable bonds is 8. The van der Waals surface area contributed by atoms with Crippen molar-refractivity contribution in [3.05, 3.63) is 23.8 Å². The van der Waals surface area contributed by atoms with E-state index in [9.17, 15) is 22.8 Å². The molecule has 0 spiro atoms. The molecule has 0 radical (unpaired) electrons. The third-order valence-electron chi connectivity index (χ3n) is 7.37. The number of nitrogens with zero attached hydrogens (tertiary/aromatic N) is 2. The van der Waals surface area contributed by atoms with Gasteiger partial charge < -0.3 is 30.4 Å². The third kappa shape index (κ3) is 7.84. The van der Waals surface area contributed by atoms with Crippen LogP contribution in [0.1, 0.15) is 65.0 Å². The molecule has 4 rings (SSSR count). The number of alkyl halides is 3. The van der Waals surface area contributed by atoms with Gasteiger partial charge in [0.25, 0.3) is 0 Å². The predicted octanol–water partition coefficient (Wildman–Crippen LogP) is 3.41. The molecule has 14 heteroatoms. The Morgan fingerprint density at radius 3 is 2.45 bits per heavy atom. The number of guanidine groups is 1. The van der Waals surface area contributed by atoms with Crippen molar-refractivity contribution in [1.29, 1.82) is 0 Å². The SMILES string of the molecule is COCC[C@H]([C@@H]1C[C@H]1C(=O)NC1CC(C)(C)Oc2cccc(OC)c21)N1C(=O)CC(C)(C)N=C1N.O=C(O)C(F)(F)F. The standard InChI is InChI=1S/C26H38N4O5.C2HF3O2/c1-25(2)14-21(31)30(24(27)29-25)18(10-11-33-5)15-12-16(15)23(32)28-17-13-26(3,4)35-20-9-7-8-19(34-6)22(17)20;3-2(4,5)1(6)7/h7-9,15-18H,10-14H2,1-6H3,(H2,27,29)(H,28,32);(H,6,7)/t15-,16-,17?,18-;/m1./s1. The molecule has 4 N–H and O–H groups in total. The molecule has 2 aliphatic heterocycles. The minimum Gasteiger partial charge on any atom is -0.496 e. The van der Waals surface area contributed by atoms with Crippen LogP contribution in [0.15, 0.2) is 23.2 Å². The number of ether oxygens (including phenoxy) is 3. The number of benzene rings is 1. The van der Waals surface area contributed by atoms with Crippen molar-refractivity contribution in [3.8, 4) is 11.5 Å². The Balaban J connectivity index is 0.000000616. The molecule has 2 amide bonds. The molecule has 1 saturated carbocycles. The van der Waals surface area contributed by atoms with Gasteiger partial charge in [-0.25, -0.2) is 9.79 Å². The van der Waals surface area contributed by atoms with Gasteiger partial charge >= 0.3 is 12.1 Å². The largest absolute Gasteiger partial charge is 0.496 e. The molecule has 1 aromatic rings. The molecule has 4 atom stereocenters. The second kappa shape index (κ2) is 12.4. The molecule has 1 fully saturated rings. The molecule has 42 heavy (non-hydrogen) atoms. The van der Waals surface area contributed by atoms with Gasteiger partial charge in [0.15, 0.2) is 5.96 Å². The molecule has 1 aromatic carbocycles. The van der Waals surface area contributed by atoms with E-state index in [0.29, 0.717) is 31.6 Å². The van der Waals surface area contributed by atoms with E-state index in [4.69, 9.17) is 29.8 Å². The van der Waals surface area contributed by atoms with E-state index < -0.39 is 23.3 Å². The summed E-state index contributed by atoms with van der Waals surface area (Å²) >= 11 is 0. The number of hydrogen-bond donors (Lipinski definition) is 3. The van der Waals surface area contributed by atoms with Gasteiger partial charge in [-0.2, -0.15) is 13.2 Å². The van der Waals surface area contributed by atoms with Crippen LogP contribution in [0.2, 0.25) is 0 Å². The molecule has 234 valence electrons. The third-order valence-corrected chi connectivity index (χ3v) is 7.37. The molecule has 2 heterocycles. The number of hydrogen-bond acceptors (Lipinski definition) is 8. The van der Waals surface area contributed by atoms with Crippen LogP contribution in [-0.2, 0) is 19.1 Å². The van der Waals surface area contributed by atoms with Crippen molar-refractivity contribution in [2.24, 2.45) is 22.6 Å². The Morgan fingerprint density at radius 1 is 1.26 bits per heavy atom. The Morgan fingerprint density at radius 2 is 1.90 bits per heavy atom. The van der Waals surface area contributed by atoms with Crippen LogP contribution in [-0.4, -0.2) is 77.9 Å². The molecule has 0 aromatic heterocycles. The zero-order chi connectivity index (χ0) is 31.6. The second-order valence-electron chi connectivity index (χ2n) is 11.9. The fourth-order valence-corrected chi connectivity index (χ4v) is 5.53. The number of carboxylic acids is 1. The first-order valence-corrected chi connectivity index (χ1v) is 13.5. The minimum atomic E-state index is -5.08. The fourth-order valence-electron chi connectivity index (χ4n) is 5.53. The highest BCUT2D eigenvalue weighted by atomic mass is 19.4. The highest BCUT2D eigenvalue weighted by Crippen LogP contribution is 2.48. The number of halogens is 3. The van der Waals surface area contributed by atoms with Crippen LogP contribution in [0.5, 0.6) is 11.5 Å². The van der Waals surface area contributed by atoms with Crippen molar-refractivity contribution >= 4 is 23.7 Å². The number of amides is 2. The first-order valence-electron chi connectivity index (χ1n) is 13.5. The van der Waals surface area contributed by atoms with Crippen LogP contribution >= 0.6 is 0 Å². The average Bonchev–Trinajstić information content (AvgIpc) is 3.64. The van der Waals surface area contributed by atoms with Gasteiger partial charge in [-0.1, -0.05) is 6.07 Å². The summed E-state index contributed by atoms with van der Waals surface area (Å²) in [6, 6.07) is 5.21. The maximum Gasteiger partial charge on any atom is 0.490 e. The quantitative estimate of drug-likeness (QED) is 0.411. The number of nitrogens with two attached hydrogens (primary N) is 1. The van der Waals surface area contributed by atoms with Crippen molar-refractivity contribution in [2.75, 3.05) is 20.8 Å². The summed E-state index contributed by atoms with van der Waals surface area (Å²) in [5, 5.41) is 10.4. The Hall–Kier alpha value is -3.55. The van der Waals surface area contributed by atoms with Gasteiger partial charge in [-0.15, -0.1) is 0 Å². The predicted molar refractivity (Wildman–Crippen MR) is 146 cm³/mol. The van der Waals surface area contributed by atoms with Gasteiger partial charge in [0.2, 0.25) is 11.8 Å². The summed E-state index contributed by atoms with van der Waals surface area (Å²) < 4.78 is 48.8. The van der Waals surface area contributed by atoms with Crippen LogP contribution in [0, 0.1) is 11.8 Å². The summed E-state index contributed by atoms with van der Waals surface area (Å²) in [4.78, 5) is 41.5. The van der Waals surface area contributed by atoms with Gasteiger partial charge in [0.1, 0.15) is 17.1 Å². The topological polar surface area (TPSA) is 153 Å². The van der Waals surface area contributed by atoms with Crippen molar-refractivity contribution < 1.29 is 46.9 Å². The molecule has 0 bridgehead atoms. The summed E-state index contributed by atoms with van der Waals surface area (Å²) in [7, 11) is 3.25. The minimum absolute atomic E-state index is 0.00551. The maximum absolute atomic E-state index is 13.4. The zero-order valence-electron chi connectivity index (χ0n) is 24.6. The molecule has 1 aliphatic carbocycles. The van der Waals surface area contributed by atoms with Gasteiger partial charge in [-0.05, 0) is 58.6 Å². The lowest BCUT2D eigenvalue weighted by molar-refractivity contribution is -0.192. The molecule has 11 nitrogen and oxygen atoms in total. The number of aliphatic imine (C=N–C) groups is 1. The van der Waals surface area contributed by atoms with E-state index in [1.165, 1.54) is 0 Å². The van der Waals surface area contributed by atoms with Crippen LogP contribution in [0.3, 0.4) is 0 Å². The second-order valence-corrected chi connectivity index (χ2v) is 11.9. The van der Waals surface area contributed by atoms with Crippen molar-refractivity contribution in [3.63, 3.8) is 0 Å². The number of aliphatic carboxylic acids is 1. The summed E-state index contributed by atoms with van der Waals surface area (Å²) in [5.41, 5.74) is 6.16. The Kier molecular flexibility index (Phi) is 9.70. The van der Waals surface area contributed by atoms with Gasteiger partial charge in [-0.3, -0.25) is 14.5 Å². The lowest BCUT2D eigenvalue weighted by Gasteiger charge is -2.39. The van der Waals surface area contributed by atoms with E-state index in [-0.39, 0.29) is 48.1 Å². The van der Waals surface area contributed by atoms with Crippen LogP contribution in [0.25, 0.3) is 0 Å². The number of carbonyl (C=O) groups is 3. The molecular weight excluding hydrogens is 561 g/mol. The summed E-state index contributed by atoms with van der Waals surface area (Å²) in [6.07, 6.45) is -2.90. The van der Waals surface area contributed by atoms with E-state index >= 15 is 0 Å². The lowest BCUT2D eigenvalue weighted by atomic mass is 9.89. The van der Waals surface area contributed by atoms with E-state index in [2.05, 4.69) is 10.3 Å². The van der Waals surface area contributed by atoms with Gasteiger partial charge in [0.05, 0.1) is 30.7 Å².